The number of hydrogen-bond donors (Lipinski definition) is 1. The second kappa shape index (κ2) is 5.88. The lowest BCUT2D eigenvalue weighted by Gasteiger charge is -2.11. The van der Waals surface area contributed by atoms with Crippen molar-refractivity contribution in [3.8, 4) is 0 Å². The molecule has 2 rings (SSSR count). The van der Waals surface area contributed by atoms with E-state index in [9.17, 15) is 5.11 Å². The highest BCUT2D eigenvalue weighted by Crippen LogP contribution is 2.29. The van der Waals surface area contributed by atoms with Gasteiger partial charge in [0.25, 0.3) is 0 Å². The molecule has 1 aromatic carbocycles. The third kappa shape index (κ3) is 3.14. The van der Waals surface area contributed by atoms with Gasteiger partial charge in [0.15, 0.2) is 0 Å². The van der Waals surface area contributed by atoms with E-state index in [0.29, 0.717) is 26.5 Å². The molecule has 1 unspecified atom stereocenters. The predicted molar refractivity (Wildman–Crippen MR) is 70.9 cm³/mol. The minimum absolute atomic E-state index is 0.412. The molecule has 0 aliphatic carbocycles. The first kappa shape index (κ1) is 13.6. The van der Waals surface area contributed by atoms with Crippen molar-refractivity contribution in [1.29, 1.82) is 0 Å². The fourth-order valence-electron chi connectivity index (χ4n) is 1.36. The number of halogens is 2. The molecule has 0 spiro atoms. The highest BCUT2D eigenvalue weighted by Gasteiger charge is 2.14. The molecule has 0 radical (unpaired) electrons. The largest absolute Gasteiger partial charge is 0.387 e. The zero-order valence-electron chi connectivity index (χ0n) is 9.42. The van der Waals surface area contributed by atoms with Crippen LogP contribution in [0.25, 0.3) is 0 Å². The smallest absolute Gasteiger partial charge is 0.209 e. The van der Waals surface area contributed by atoms with Crippen molar-refractivity contribution in [2.45, 2.75) is 11.3 Å². The summed E-state index contributed by atoms with van der Waals surface area (Å²) in [5, 5.41) is 22.7. The Morgan fingerprint density at radius 3 is 2.83 bits per heavy atom. The lowest BCUT2D eigenvalue weighted by atomic mass is 10.1. The highest BCUT2D eigenvalue weighted by molar-refractivity contribution is 7.99. The Hall–Kier alpha value is -0.820. The van der Waals surface area contributed by atoms with E-state index in [4.69, 9.17) is 23.2 Å². The number of rotatable bonds is 4. The fraction of sp³-hybridized carbons (Fsp3) is 0.300. The molecule has 0 bridgehead atoms. The highest BCUT2D eigenvalue weighted by atomic mass is 35.5. The Kier molecular flexibility index (Phi) is 4.45. The number of tetrazole rings is 1. The number of thioether (sulfide) groups is 1. The van der Waals surface area contributed by atoms with E-state index in [-0.39, 0.29) is 0 Å². The van der Waals surface area contributed by atoms with Crippen LogP contribution in [0.15, 0.2) is 23.4 Å². The monoisotopic (exact) mass is 304 g/mol. The van der Waals surface area contributed by atoms with Crippen molar-refractivity contribution in [2.24, 2.45) is 7.05 Å². The maximum Gasteiger partial charge on any atom is 0.209 e. The number of aliphatic hydroxyl groups is 1. The molecule has 0 aliphatic rings. The molecular weight excluding hydrogens is 295 g/mol. The molecule has 0 aliphatic heterocycles. The van der Waals surface area contributed by atoms with E-state index in [1.807, 2.05) is 0 Å². The molecule has 1 atom stereocenters. The first-order valence-electron chi connectivity index (χ1n) is 5.06. The minimum atomic E-state index is -0.698. The van der Waals surface area contributed by atoms with Gasteiger partial charge in [0.05, 0.1) is 6.10 Å². The quantitative estimate of drug-likeness (QED) is 0.878. The second-order valence-electron chi connectivity index (χ2n) is 3.58. The molecule has 1 aromatic heterocycles. The van der Waals surface area contributed by atoms with Gasteiger partial charge in [-0.05, 0) is 22.6 Å². The van der Waals surface area contributed by atoms with Crippen LogP contribution in [0.1, 0.15) is 11.7 Å². The summed E-state index contributed by atoms with van der Waals surface area (Å²) in [6, 6.07) is 5.02. The van der Waals surface area contributed by atoms with Crippen molar-refractivity contribution in [2.75, 3.05) is 5.75 Å². The van der Waals surface area contributed by atoms with Gasteiger partial charge in [-0.1, -0.05) is 41.0 Å². The van der Waals surface area contributed by atoms with Gasteiger partial charge < -0.3 is 5.11 Å². The van der Waals surface area contributed by atoms with E-state index in [0.717, 1.165) is 0 Å². The molecule has 5 nitrogen and oxygen atoms in total. The summed E-state index contributed by atoms with van der Waals surface area (Å²) in [5.41, 5.74) is 0.642. The Bertz CT molecular complexity index is 548. The van der Waals surface area contributed by atoms with Crippen LogP contribution < -0.4 is 0 Å². The number of aliphatic hydroxyl groups excluding tert-OH is 1. The first-order chi connectivity index (χ1) is 8.58. The Morgan fingerprint density at radius 2 is 2.22 bits per heavy atom. The van der Waals surface area contributed by atoms with Gasteiger partial charge in [0.1, 0.15) is 0 Å². The maximum absolute atomic E-state index is 10.1. The average molecular weight is 305 g/mol. The van der Waals surface area contributed by atoms with Crippen LogP contribution in [0.3, 0.4) is 0 Å². The van der Waals surface area contributed by atoms with Gasteiger partial charge in [0.2, 0.25) is 5.16 Å². The number of benzene rings is 1. The van der Waals surface area contributed by atoms with Gasteiger partial charge in [-0.15, -0.1) is 5.10 Å². The number of hydrogen-bond acceptors (Lipinski definition) is 5. The summed E-state index contributed by atoms with van der Waals surface area (Å²) in [5.74, 6) is 0.412. The lowest BCUT2D eigenvalue weighted by Crippen LogP contribution is -2.03. The first-order valence-corrected chi connectivity index (χ1v) is 6.80. The van der Waals surface area contributed by atoms with Crippen LogP contribution in [0.2, 0.25) is 10.0 Å². The van der Waals surface area contributed by atoms with E-state index in [1.54, 1.807) is 29.9 Å². The molecule has 1 N–H and O–H groups in total. The summed E-state index contributed by atoms with van der Waals surface area (Å²) < 4.78 is 1.54. The molecule has 2 aromatic rings. The SMILES string of the molecule is Cn1nnnc1SCC(O)c1ccc(Cl)cc1Cl. The molecule has 96 valence electrons. The Balaban J connectivity index is 2.03. The standard InChI is InChI=1S/C10H10Cl2N4OS/c1-16-10(13-14-15-16)18-5-9(17)7-3-2-6(11)4-8(7)12/h2-4,9,17H,5H2,1H3. The van der Waals surface area contributed by atoms with E-state index < -0.39 is 6.10 Å². The van der Waals surface area contributed by atoms with Gasteiger partial charge in [-0.2, -0.15) is 0 Å². The molecule has 0 saturated carbocycles. The van der Waals surface area contributed by atoms with E-state index in [1.165, 1.54) is 11.8 Å². The third-order valence-electron chi connectivity index (χ3n) is 2.27. The van der Waals surface area contributed by atoms with Gasteiger partial charge in [-0.3, -0.25) is 0 Å². The van der Waals surface area contributed by atoms with Crippen LogP contribution in [-0.2, 0) is 7.05 Å². The zero-order valence-corrected chi connectivity index (χ0v) is 11.7. The lowest BCUT2D eigenvalue weighted by molar-refractivity contribution is 0.204. The number of nitrogens with zero attached hydrogens (tertiary/aromatic N) is 4. The van der Waals surface area contributed by atoms with Crippen LogP contribution in [0, 0.1) is 0 Å². The molecule has 0 fully saturated rings. The Labute approximate surface area is 118 Å². The van der Waals surface area contributed by atoms with E-state index >= 15 is 0 Å². The molecule has 0 saturated heterocycles. The van der Waals surface area contributed by atoms with Gasteiger partial charge in [-0.25, -0.2) is 4.68 Å². The molecule has 1 heterocycles. The van der Waals surface area contributed by atoms with Gasteiger partial charge >= 0.3 is 0 Å². The van der Waals surface area contributed by atoms with Crippen molar-refractivity contribution >= 4 is 35.0 Å². The summed E-state index contributed by atoms with van der Waals surface area (Å²) in [4.78, 5) is 0. The predicted octanol–water partition coefficient (Wildman–Crippen LogP) is 2.34. The summed E-state index contributed by atoms with van der Waals surface area (Å²) in [7, 11) is 1.74. The van der Waals surface area contributed by atoms with Gasteiger partial charge in [0, 0.05) is 28.4 Å². The van der Waals surface area contributed by atoms with Crippen molar-refractivity contribution in [3.63, 3.8) is 0 Å². The van der Waals surface area contributed by atoms with Crippen molar-refractivity contribution < 1.29 is 5.11 Å². The summed E-state index contributed by atoms with van der Waals surface area (Å²) >= 11 is 13.2. The second-order valence-corrected chi connectivity index (χ2v) is 5.41. The molecule has 0 amide bonds. The van der Waals surface area contributed by atoms with Crippen molar-refractivity contribution in [1.82, 2.24) is 20.2 Å². The maximum atomic E-state index is 10.1. The average Bonchev–Trinajstić information content (AvgIpc) is 2.72. The minimum Gasteiger partial charge on any atom is -0.387 e. The summed E-state index contributed by atoms with van der Waals surface area (Å²) in [6.45, 7) is 0. The topological polar surface area (TPSA) is 63.8 Å². The Morgan fingerprint density at radius 1 is 1.44 bits per heavy atom. The fourth-order valence-corrected chi connectivity index (χ4v) is 2.70. The molecule has 8 heteroatoms. The zero-order chi connectivity index (χ0) is 13.1. The molecule has 18 heavy (non-hydrogen) atoms. The van der Waals surface area contributed by atoms with Crippen molar-refractivity contribution in [3.05, 3.63) is 33.8 Å². The van der Waals surface area contributed by atoms with Crippen LogP contribution in [-0.4, -0.2) is 31.1 Å². The third-order valence-corrected chi connectivity index (χ3v) is 3.92. The van der Waals surface area contributed by atoms with Crippen LogP contribution >= 0.6 is 35.0 Å². The van der Waals surface area contributed by atoms with Crippen LogP contribution in [0.4, 0.5) is 0 Å². The normalized spacial score (nSPS) is 12.7. The number of aromatic nitrogens is 4. The van der Waals surface area contributed by atoms with E-state index in [2.05, 4.69) is 15.5 Å². The van der Waals surface area contributed by atoms with Crippen LogP contribution in [0.5, 0.6) is 0 Å². The number of aryl methyl sites for hydroxylation is 1. The molecular formula is C10H10Cl2N4OS. The summed E-state index contributed by atoms with van der Waals surface area (Å²) in [6.07, 6.45) is -0.698.